The van der Waals surface area contributed by atoms with Crippen molar-refractivity contribution in [2.45, 2.75) is 20.3 Å². The number of rotatable bonds is 14. The van der Waals surface area contributed by atoms with Crippen molar-refractivity contribution >= 4 is 34.8 Å². The Morgan fingerprint density at radius 2 is 0.732 bits per heavy atom. The number of aliphatic imine (C=N–C) groups is 4. The quantitative estimate of drug-likeness (QED) is 0.117. The van der Waals surface area contributed by atoms with E-state index in [1.54, 1.807) is 0 Å². The summed E-state index contributed by atoms with van der Waals surface area (Å²) in [6.07, 6.45) is 0.655. The molecule has 0 aromatic heterocycles. The van der Waals surface area contributed by atoms with E-state index in [0.717, 1.165) is 0 Å². The van der Waals surface area contributed by atoms with Gasteiger partial charge in [0.05, 0.1) is 26.4 Å². The van der Waals surface area contributed by atoms with E-state index in [-0.39, 0.29) is 0 Å². The molecule has 0 aliphatic carbocycles. The molecule has 8 nitrogen and oxygen atoms in total. The molecule has 0 radical (unpaired) electrons. The molecule has 0 fully saturated rings. The fourth-order valence-corrected chi connectivity index (χ4v) is 3.69. The first-order valence-corrected chi connectivity index (χ1v) is 13.5. The molecule has 8 heteroatoms. The first kappa shape index (κ1) is 28.8. The first-order valence-electron chi connectivity index (χ1n) is 13.5. The van der Waals surface area contributed by atoms with Crippen LogP contribution in [0, 0.1) is 0 Å². The molecule has 208 valence electrons. The highest BCUT2D eigenvalue weighted by Crippen LogP contribution is 2.30. The predicted molar refractivity (Wildman–Crippen MR) is 162 cm³/mol. The van der Waals surface area contributed by atoms with Gasteiger partial charge >= 0.3 is 0 Å². The Labute approximate surface area is 240 Å². The molecular weight excluding hydrogens is 516 g/mol. The third-order valence-electron chi connectivity index (χ3n) is 5.55. The second kappa shape index (κ2) is 16.1. The summed E-state index contributed by atoms with van der Waals surface area (Å²) in [7, 11) is 0. The van der Waals surface area contributed by atoms with Gasteiger partial charge in [-0.15, -0.1) is 0 Å². The Kier molecular flexibility index (Phi) is 11.3. The Bertz CT molecular complexity index is 1420. The fourth-order valence-electron chi connectivity index (χ4n) is 3.69. The molecule has 0 aliphatic rings. The molecule has 0 spiro atoms. The molecule has 0 N–H and O–H groups in total. The van der Waals surface area contributed by atoms with Crippen molar-refractivity contribution in [3.8, 4) is 23.0 Å². The van der Waals surface area contributed by atoms with Gasteiger partial charge < -0.3 is 18.9 Å². The van der Waals surface area contributed by atoms with E-state index in [0.29, 0.717) is 78.6 Å². The lowest BCUT2D eigenvalue weighted by Crippen LogP contribution is -2.05. The van der Waals surface area contributed by atoms with Gasteiger partial charge in [0.25, 0.3) is 0 Å². The molecular formula is C33H32N4O4. The summed E-state index contributed by atoms with van der Waals surface area (Å²) < 4.78 is 23.1. The SMILES string of the molecule is CCOc1ccccc1N=C=Nc1ccccc1OCCCOc1ccccc1N=C=Nc1ccccc1OCC. The molecule has 41 heavy (non-hydrogen) atoms. The second-order valence-electron chi connectivity index (χ2n) is 8.43. The van der Waals surface area contributed by atoms with E-state index < -0.39 is 0 Å². The predicted octanol–water partition coefficient (Wildman–Crippen LogP) is 8.61. The van der Waals surface area contributed by atoms with Crippen LogP contribution in [-0.2, 0) is 0 Å². The molecule has 0 saturated heterocycles. The van der Waals surface area contributed by atoms with E-state index in [1.807, 2.05) is 111 Å². The Morgan fingerprint density at radius 1 is 0.439 bits per heavy atom. The van der Waals surface area contributed by atoms with Crippen molar-refractivity contribution in [3.63, 3.8) is 0 Å². The number of benzene rings is 4. The molecule has 0 saturated carbocycles. The third-order valence-corrected chi connectivity index (χ3v) is 5.55. The molecule has 0 aliphatic heterocycles. The number of nitrogens with zero attached hydrogens (tertiary/aromatic N) is 4. The highest BCUT2D eigenvalue weighted by atomic mass is 16.5. The largest absolute Gasteiger partial charge is 0.492 e. The van der Waals surface area contributed by atoms with E-state index >= 15 is 0 Å². The first-order chi connectivity index (χ1) is 20.3. The number of hydrogen-bond donors (Lipinski definition) is 0. The van der Waals surface area contributed by atoms with Crippen molar-refractivity contribution in [1.82, 2.24) is 0 Å². The minimum Gasteiger partial charge on any atom is -0.492 e. The standard InChI is InChI=1S/C33H32N4O4/c1-3-38-30-18-9-5-14-26(30)34-24-36-28-16-7-11-20-32(28)40-22-13-23-41-33-21-12-8-17-29(33)37-25-35-27-15-6-10-19-31(27)39-4-2/h5-12,14-21H,3-4,13,22-23H2,1-2H3. The maximum Gasteiger partial charge on any atom is 0.145 e. The Morgan fingerprint density at radius 3 is 1.05 bits per heavy atom. The molecule has 0 unspecified atom stereocenters. The van der Waals surface area contributed by atoms with Gasteiger partial charge in [-0.2, -0.15) is 20.0 Å². The monoisotopic (exact) mass is 548 g/mol. The maximum atomic E-state index is 5.97. The van der Waals surface area contributed by atoms with Crippen LogP contribution in [0.3, 0.4) is 0 Å². The van der Waals surface area contributed by atoms with Crippen molar-refractivity contribution in [1.29, 1.82) is 0 Å². The van der Waals surface area contributed by atoms with Gasteiger partial charge in [-0.3, -0.25) is 0 Å². The zero-order valence-electron chi connectivity index (χ0n) is 23.2. The maximum absolute atomic E-state index is 5.97. The third kappa shape index (κ3) is 8.94. The summed E-state index contributed by atoms with van der Waals surface area (Å²) in [5, 5.41) is 0. The lowest BCUT2D eigenvalue weighted by Gasteiger charge is -2.10. The molecule has 0 amide bonds. The number of para-hydroxylation sites is 8. The van der Waals surface area contributed by atoms with E-state index in [2.05, 4.69) is 32.0 Å². The number of ether oxygens (including phenoxy) is 4. The van der Waals surface area contributed by atoms with Gasteiger partial charge in [0, 0.05) is 6.42 Å². The average Bonchev–Trinajstić information content (AvgIpc) is 3.00. The van der Waals surface area contributed by atoms with Crippen LogP contribution in [0.25, 0.3) is 0 Å². The van der Waals surface area contributed by atoms with Crippen LogP contribution in [-0.4, -0.2) is 38.4 Å². The summed E-state index contributed by atoms with van der Waals surface area (Å²) >= 11 is 0. The molecule has 0 heterocycles. The summed E-state index contributed by atoms with van der Waals surface area (Å²) in [5.74, 6) is 2.66. The molecule has 4 rings (SSSR count). The fraction of sp³-hybridized carbons (Fsp3) is 0.212. The minimum absolute atomic E-state index is 0.442. The summed E-state index contributed by atoms with van der Waals surface area (Å²) in [6, 6.07) is 35.6. The Balaban J connectivity index is 1.32. The van der Waals surface area contributed by atoms with Crippen LogP contribution in [0.4, 0.5) is 22.7 Å². The Hall–Kier alpha value is -5.16. The van der Waals surface area contributed by atoms with Gasteiger partial charge in [0.15, 0.2) is 0 Å². The lowest BCUT2D eigenvalue weighted by molar-refractivity contribution is 0.248. The normalized spacial score (nSPS) is 10.0. The van der Waals surface area contributed by atoms with E-state index in [1.165, 1.54) is 0 Å². The van der Waals surface area contributed by atoms with Crippen LogP contribution in [0.2, 0.25) is 0 Å². The zero-order chi connectivity index (χ0) is 28.5. The summed E-state index contributed by atoms with van der Waals surface area (Å²) in [5.41, 5.74) is 2.60. The van der Waals surface area contributed by atoms with Crippen molar-refractivity contribution in [3.05, 3.63) is 97.1 Å². The van der Waals surface area contributed by atoms with Crippen molar-refractivity contribution < 1.29 is 18.9 Å². The van der Waals surface area contributed by atoms with Crippen LogP contribution in [0.1, 0.15) is 20.3 Å². The summed E-state index contributed by atoms with van der Waals surface area (Å²) in [4.78, 5) is 17.4. The smallest absolute Gasteiger partial charge is 0.145 e. The van der Waals surface area contributed by atoms with Crippen LogP contribution in [0.5, 0.6) is 23.0 Å². The van der Waals surface area contributed by atoms with Gasteiger partial charge in [0.1, 0.15) is 57.8 Å². The van der Waals surface area contributed by atoms with E-state index in [9.17, 15) is 0 Å². The molecule has 4 aromatic rings. The van der Waals surface area contributed by atoms with Gasteiger partial charge in [-0.05, 0) is 62.4 Å². The van der Waals surface area contributed by atoms with Crippen molar-refractivity contribution in [2.24, 2.45) is 20.0 Å². The second-order valence-corrected chi connectivity index (χ2v) is 8.43. The summed E-state index contributed by atoms with van der Waals surface area (Å²) in [6.45, 7) is 5.86. The topological polar surface area (TPSA) is 86.4 Å². The highest BCUT2D eigenvalue weighted by molar-refractivity contribution is 5.65. The average molecular weight is 549 g/mol. The van der Waals surface area contributed by atoms with Gasteiger partial charge in [0.2, 0.25) is 0 Å². The van der Waals surface area contributed by atoms with E-state index in [4.69, 9.17) is 18.9 Å². The van der Waals surface area contributed by atoms with Crippen molar-refractivity contribution in [2.75, 3.05) is 26.4 Å². The zero-order valence-corrected chi connectivity index (χ0v) is 23.2. The molecule has 4 aromatic carbocycles. The van der Waals surface area contributed by atoms with Gasteiger partial charge in [-0.1, -0.05) is 48.5 Å². The number of hydrogen-bond acceptors (Lipinski definition) is 8. The lowest BCUT2D eigenvalue weighted by atomic mass is 10.3. The molecule has 0 atom stereocenters. The van der Waals surface area contributed by atoms with Crippen LogP contribution in [0.15, 0.2) is 117 Å². The highest BCUT2D eigenvalue weighted by Gasteiger charge is 2.05. The van der Waals surface area contributed by atoms with Crippen LogP contribution >= 0.6 is 0 Å². The molecule has 0 bridgehead atoms. The minimum atomic E-state index is 0.442. The van der Waals surface area contributed by atoms with Gasteiger partial charge in [-0.25, -0.2) is 0 Å². The van der Waals surface area contributed by atoms with Crippen LogP contribution < -0.4 is 18.9 Å².